The lowest BCUT2D eigenvalue weighted by Gasteiger charge is -2.06. The van der Waals surface area contributed by atoms with Gasteiger partial charge in [0.15, 0.2) is 0 Å². The van der Waals surface area contributed by atoms with Gasteiger partial charge in [-0.3, -0.25) is 4.79 Å². The molecule has 0 aliphatic carbocycles. The SMILES string of the molecule is O=C(CCc1cnn(-c2ccccc2)c1)Nc1ccccc1I. The number of carbonyl (C=O) groups excluding carboxylic acids is 1. The van der Waals surface area contributed by atoms with Gasteiger partial charge in [0.25, 0.3) is 0 Å². The van der Waals surface area contributed by atoms with Crippen LogP contribution < -0.4 is 5.32 Å². The van der Waals surface area contributed by atoms with Crippen molar-refractivity contribution in [3.8, 4) is 5.69 Å². The Kier molecular flexibility index (Phi) is 5.07. The Balaban J connectivity index is 1.58. The van der Waals surface area contributed by atoms with E-state index < -0.39 is 0 Å². The first kappa shape index (κ1) is 15.7. The Hall–Kier alpha value is -2.15. The maximum atomic E-state index is 12.1. The van der Waals surface area contributed by atoms with E-state index in [9.17, 15) is 4.79 Å². The third-order valence-electron chi connectivity index (χ3n) is 3.45. The third kappa shape index (κ3) is 4.19. The number of hydrogen-bond acceptors (Lipinski definition) is 2. The monoisotopic (exact) mass is 417 g/mol. The number of hydrogen-bond donors (Lipinski definition) is 1. The molecule has 1 heterocycles. The van der Waals surface area contributed by atoms with Crippen LogP contribution >= 0.6 is 22.6 Å². The Morgan fingerprint density at radius 3 is 2.61 bits per heavy atom. The number of benzene rings is 2. The zero-order chi connectivity index (χ0) is 16.1. The molecule has 5 heteroatoms. The number of para-hydroxylation sites is 2. The zero-order valence-corrected chi connectivity index (χ0v) is 14.6. The molecular formula is C18H16IN3O. The van der Waals surface area contributed by atoms with Crippen LogP contribution in [-0.4, -0.2) is 15.7 Å². The lowest BCUT2D eigenvalue weighted by atomic mass is 10.2. The summed E-state index contributed by atoms with van der Waals surface area (Å²) in [5.41, 5.74) is 2.92. The Labute approximate surface area is 148 Å². The molecule has 3 rings (SSSR count). The molecular weight excluding hydrogens is 401 g/mol. The molecule has 1 aromatic heterocycles. The Morgan fingerprint density at radius 1 is 1.09 bits per heavy atom. The molecule has 0 aliphatic heterocycles. The highest BCUT2D eigenvalue weighted by Gasteiger charge is 2.07. The molecule has 3 aromatic rings. The molecule has 0 radical (unpaired) electrons. The van der Waals surface area contributed by atoms with Crippen LogP contribution in [0, 0.1) is 3.57 Å². The molecule has 0 saturated heterocycles. The van der Waals surface area contributed by atoms with Gasteiger partial charge in [-0.05, 0) is 58.8 Å². The highest BCUT2D eigenvalue weighted by Crippen LogP contribution is 2.17. The number of aryl methyl sites for hydroxylation is 1. The number of halogens is 1. The van der Waals surface area contributed by atoms with Crippen molar-refractivity contribution in [2.75, 3.05) is 5.32 Å². The van der Waals surface area contributed by atoms with Gasteiger partial charge in [0.2, 0.25) is 5.91 Å². The van der Waals surface area contributed by atoms with E-state index in [1.54, 1.807) is 0 Å². The van der Waals surface area contributed by atoms with E-state index >= 15 is 0 Å². The quantitative estimate of drug-likeness (QED) is 0.637. The number of amides is 1. The lowest BCUT2D eigenvalue weighted by Crippen LogP contribution is -2.13. The van der Waals surface area contributed by atoms with Crippen molar-refractivity contribution in [3.05, 3.63) is 76.1 Å². The van der Waals surface area contributed by atoms with Gasteiger partial charge in [-0.25, -0.2) is 4.68 Å². The Bertz CT molecular complexity index is 799. The first-order chi connectivity index (χ1) is 11.2. The van der Waals surface area contributed by atoms with Crippen molar-refractivity contribution < 1.29 is 4.79 Å². The summed E-state index contributed by atoms with van der Waals surface area (Å²) in [7, 11) is 0. The minimum Gasteiger partial charge on any atom is -0.325 e. The van der Waals surface area contributed by atoms with E-state index in [0.717, 1.165) is 20.5 Å². The molecule has 0 unspecified atom stereocenters. The number of carbonyl (C=O) groups is 1. The van der Waals surface area contributed by atoms with Crippen molar-refractivity contribution in [1.82, 2.24) is 9.78 Å². The molecule has 0 spiro atoms. The van der Waals surface area contributed by atoms with Crippen molar-refractivity contribution in [2.45, 2.75) is 12.8 Å². The first-order valence-electron chi connectivity index (χ1n) is 7.36. The highest BCUT2D eigenvalue weighted by atomic mass is 127. The Morgan fingerprint density at radius 2 is 1.83 bits per heavy atom. The zero-order valence-electron chi connectivity index (χ0n) is 12.4. The number of anilines is 1. The first-order valence-corrected chi connectivity index (χ1v) is 8.43. The molecule has 1 N–H and O–H groups in total. The number of rotatable bonds is 5. The fraction of sp³-hybridized carbons (Fsp3) is 0.111. The second kappa shape index (κ2) is 7.41. The summed E-state index contributed by atoms with van der Waals surface area (Å²) in [5.74, 6) is 0.0153. The third-order valence-corrected chi connectivity index (χ3v) is 4.39. The summed E-state index contributed by atoms with van der Waals surface area (Å²) < 4.78 is 2.86. The van der Waals surface area contributed by atoms with E-state index in [1.807, 2.05) is 71.7 Å². The largest absolute Gasteiger partial charge is 0.325 e. The topological polar surface area (TPSA) is 46.9 Å². The summed E-state index contributed by atoms with van der Waals surface area (Å²) in [4.78, 5) is 12.1. The maximum absolute atomic E-state index is 12.1. The fourth-order valence-corrected chi connectivity index (χ4v) is 2.77. The second-order valence-electron chi connectivity index (χ2n) is 5.16. The van der Waals surface area contributed by atoms with E-state index in [1.165, 1.54) is 0 Å². The van der Waals surface area contributed by atoms with Gasteiger partial charge < -0.3 is 5.32 Å². The molecule has 4 nitrogen and oxygen atoms in total. The number of nitrogens with zero attached hydrogens (tertiary/aromatic N) is 2. The second-order valence-corrected chi connectivity index (χ2v) is 6.32. The van der Waals surface area contributed by atoms with E-state index in [0.29, 0.717) is 12.8 Å². The van der Waals surface area contributed by atoms with Gasteiger partial charge >= 0.3 is 0 Å². The van der Waals surface area contributed by atoms with Crippen LogP contribution in [0.5, 0.6) is 0 Å². The molecule has 0 bridgehead atoms. The normalized spacial score (nSPS) is 10.5. The van der Waals surface area contributed by atoms with Gasteiger partial charge in [-0.1, -0.05) is 30.3 Å². The van der Waals surface area contributed by atoms with Crippen LogP contribution in [0.1, 0.15) is 12.0 Å². The van der Waals surface area contributed by atoms with Crippen molar-refractivity contribution in [1.29, 1.82) is 0 Å². The molecule has 0 aliphatic rings. The molecule has 2 aromatic carbocycles. The van der Waals surface area contributed by atoms with Gasteiger partial charge in [0, 0.05) is 16.2 Å². The summed E-state index contributed by atoms with van der Waals surface area (Å²) in [6.45, 7) is 0. The van der Waals surface area contributed by atoms with E-state index in [4.69, 9.17) is 0 Å². The smallest absolute Gasteiger partial charge is 0.224 e. The van der Waals surface area contributed by atoms with Gasteiger partial charge in [0.05, 0.1) is 17.6 Å². The van der Waals surface area contributed by atoms with Crippen LogP contribution in [0.3, 0.4) is 0 Å². The molecule has 0 fully saturated rings. The van der Waals surface area contributed by atoms with Gasteiger partial charge in [-0.15, -0.1) is 0 Å². The molecule has 23 heavy (non-hydrogen) atoms. The average molecular weight is 417 g/mol. The molecule has 0 atom stereocenters. The summed E-state index contributed by atoms with van der Waals surface area (Å²) in [6, 6.07) is 17.7. The van der Waals surface area contributed by atoms with Crippen molar-refractivity contribution in [3.63, 3.8) is 0 Å². The lowest BCUT2D eigenvalue weighted by molar-refractivity contribution is -0.116. The summed E-state index contributed by atoms with van der Waals surface area (Å²) >= 11 is 2.22. The van der Waals surface area contributed by atoms with E-state index in [-0.39, 0.29) is 5.91 Å². The predicted molar refractivity (Wildman–Crippen MR) is 99.7 cm³/mol. The van der Waals surface area contributed by atoms with E-state index in [2.05, 4.69) is 33.0 Å². The highest BCUT2D eigenvalue weighted by molar-refractivity contribution is 14.1. The predicted octanol–water partition coefficient (Wildman–Crippen LogP) is 4.05. The van der Waals surface area contributed by atoms with Crippen LogP contribution in [0.4, 0.5) is 5.69 Å². The van der Waals surface area contributed by atoms with Crippen LogP contribution in [-0.2, 0) is 11.2 Å². The number of nitrogens with one attached hydrogen (secondary N) is 1. The minimum absolute atomic E-state index is 0.0153. The van der Waals surface area contributed by atoms with Crippen molar-refractivity contribution in [2.24, 2.45) is 0 Å². The summed E-state index contributed by atoms with van der Waals surface area (Å²) in [6.07, 6.45) is 4.88. The van der Waals surface area contributed by atoms with Gasteiger partial charge in [-0.2, -0.15) is 5.10 Å². The molecule has 0 saturated carbocycles. The minimum atomic E-state index is 0.0153. The fourth-order valence-electron chi connectivity index (χ4n) is 2.24. The van der Waals surface area contributed by atoms with Crippen LogP contribution in [0.25, 0.3) is 5.69 Å². The standard InChI is InChI=1S/C18H16IN3O/c19-16-8-4-5-9-17(16)21-18(23)11-10-14-12-20-22(13-14)15-6-2-1-3-7-15/h1-9,12-13H,10-11H2,(H,21,23). The average Bonchev–Trinajstić information content (AvgIpc) is 3.05. The maximum Gasteiger partial charge on any atom is 0.224 e. The van der Waals surface area contributed by atoms with Gasteiger partial charge in [0.1, 0.15) is 0 Å². The molecule has 1 amide bonds. The number of aromatic nitrogens is 2. The van der Waals surface area contributed by atoms with Crippen LogP contribution in [0.2, 0.25) is 0 Å². The van der Waals surface area contributed by atoms with Crippen LogP contribution in [0.15, 0.2) is 67.0 Å². The molecule has 116 valence electrons. The van der Waals surface area contributed by atoms with Crippen molar-refractivity contribution >= 4 is 34.2 Å². The summed E-state index contributed by atoms with van der Waals surface area (Å²) in [5, 5.41) is 7.29.